The number of nitrogens with one attached hydrogen (secondary N) is 1. The number of guanidine groups is 1. The zero-order chi connectivity index (χ0) is 20.1. The van der Waals surface area contributed by atoms with E-state index >= 15 is 0 Å². The van der Waals surface area contributed by atoms with Crippen molar-refractivity contribution in [3.8, 4) is 0 Å². The van der Waals surface area contributed by atoms with E-state index in [2.05, 4.69) is 22.1 Å². The SMILES string of the molecule is CN=C(NCc1ccc(C(=O)N2CC(C)OC(C)C2)cc1)N1CCCC(C)C1. The summed E-state index contributed by atoms with van der Waals surface area (Å²) in [6.07, 6.45) is 2.68. The third-order valence-electron chi connectivity index (χ3n) is 5.53. The van der Waals surface area contributed by atoms with Crippen molar-refractivity contribution in [1.29, 1.82) is 0 Å². The quantitative estimate of drug-likeness (QED) is 0.641. The summed E-state index contributed by atoms with van der Waals surface area (Å²) in [6.45, 7) is 10.5. The van der Waals surface area contributed by atoms with Crippen molar-refractivity contribution >= 4 is 11.9 Å². The monoisotopic (exact) mass is 386 g/mol. The van der Waals surface area contributed by atoms with Gasteiger partial charge in [0, 0.05) is 45.3 Å². The minimum Gasteiger partial charge on any atom is -0.372 e. The molecule has 0 saturated carbocycles. The second kappa shape index (κ2) is 9.41. The van der Waals surface area contributed by atoms with E-state index in [1.807, 2.05) is 50.1 Å². The van der Waals surface area contributed by atoms with Crippen LogP contribution in [-0.4, -0.2) is 67.1 Å². The lowest BCUT2D eigenvalue weighted by molar-refractivity contribution is -0.0586. The summed E-state index contributed by atoms with van der Waals surface area (Å²) in [6, 6.07) is 7.91. The number of hydrogen-bond donors (Lipinski definition) is 1. The van der Waals surface area contributed by atoms with Crippen LogP contribution in [0.2, 0.25) is 0 Å². The summed E-state index contributed by atoms with van der Waals surface area (Å²) in [7, 11) is 1.84. The Morgan fingerprint density at radius 2 is 1.79 bits per heavy atom. The first-order valence-electron chi connectivity index (χ1n) is 10.5. The molecule has 6 nitrogen and oxygen atoms in total. The molecular weight excluding hydrogens is 352 g/mol. The van der Waals surface area contributed by atoms with E-state index in [0.717, 1.165) is 30.2 Å². The number of amides is 1. The van der Waals surface area contributed by atoms with Gasteiger partial charge >= 0.3 is 0 Å². The molecule has 2 heterocycles. The van der Waals surface area contributed by atoms with E-state index in [1.165, 1.54) is 12.8 Å². The third kappa shape index (κ3) is 5.25. The van der Waals surface area contributed by atoms with Crippen LogP contribution < -0.4 is 5.32 Å². The van der Waals surface area contributed by atoms with Crippen molar-refractivity contribution in [1.82, 2.24) is 15.1 Å². The highest BCUT2D eigenvalue weighted by molar-refractivity contribution is 5.94. The molecule has 154 valence electrons. The van der Waals surface area contributed by atoms with Crippen molar-refractivity contribution < 1.29 is 9.53 Å². The van der Waals surface area contributed by atoms with Gasteiger partial charge in [0.25, 0.3) is 5.91 Å². The number of morpholine rings is 1. The molecule has 3 unspecified atom stereocenters. The summed E-state index contributed by atoms with van der Waals surface area (Å²) < 4.78 is 5.73. The average molecular weight is 387 g/mol. The Morgan fingerprint density at radius 3 is 2.39 bits per heavy atom. The van der Waals surface area contributed by atoms with Gasteiger partial charge < -0.3 is 19.9 Å². The summed E-state index contributed by atoms with van der Waals surface area (Å²) in [5.41, 5.74) is 1.88. The Morgan fingerprint density at radius 1 is 1.11 bits per heavy atom. The molecule has 1 amide bonds. The molecule has 2 aliphatic heterocycles. The largest absolute Gasteiger partial charge is 0.372 e. The van der Waals surface area contributed by atoms with Crippen LogP contribution in [0.4, 0.5) is 0 Å². The van der Waals surface area contributed by atoms with Crippen LogP contribution in [0.15, 0.2) is 29.3 Å². The number of nitrogens with zero attached hydrogens (tertiary/aromatic N) is 3. The highest BCUT2D eigenvalue weighted by atomic mass is 16.5. The van der Waals surface area contributed by atoms with Crippen LogP contribution in [0.5, 0.6) is 0 Å². The number of likely N-dealkylation sites (tertiary alicyclic amines) is 1. The zero-order valence-electron chi connectivity index (χ0n) is 17.6. The molecule has 0 bridgehead atoms. The van der Waals surface area contributed by atoms with E-state index in [1.54, 1.807) is 0 Å². The zero-order valence-corrected chi connectivity index (χ0v) is 17.6. The maximum absolute atomic E-state index is 12.8. The van der Waals surface area contributed by atoms with Crippen LogP contribution in [0.25, 0.3) is 0 Å². The summed E-state index contributed by atoms with van der Waals surface area (Å²) >= 11 is 0. The van der Waals surface area contributed by atoms with Crippen molar-refractivity contribution in [2.75, 3.05) is 33.2 Å². The molecule has 3 rings (SSSR count). The fourth-order valence-corrected chi connectivity index (χ4v) is 4.19. The van der Waals surface area contributed by atoms with Crippen molar-refractivity contribution in [2.24, 2.45) is 10.9 Å². The number of benzene rings is 1. The molecule has 1 aromatic rings. The minimum absolute atomic E-state index is 0.0830. The molecule has 3 atom stereocenters. The third-order valence-corrected chi connectivity index (χ3v) is 5.53. The predicted molar refractivity (Wildman–Crippen MR) is 113 cm³/mol. The van der Waals surface area contributed by atoms with Gasteiger partial charge in [-0.1, -0.05) is 19.1 Å². The molecule has 0 aromatic heterocycles. The van der Waals surface area contributed by atoms with Crippen LogP contribution in [-0.2, 0) is 11.3 Å². The lowest BCUT2D eigenvalue weighted by atomic mass is 10.0. The smallest absolute Gasteiger partial charge is 0.254 e. The number of carbonyl (C=O) groups excluding carboxylic acids is 1. The van der Waals surface area contributed by atoms with E-state index in [0.29, 0.717) is 25.6 Å². The molecule has 0 aliphatic carbocycles. The van der Waals surface area contributed by atoms with Crippen LogP contribution in [0.1, 0.15) is 49.5 Å². The molecule has 1 N–H and O–H groups in total. The Labute approximate surface area is 168 Å². The molecule has 28 heavy (non-hydrogen) atoms. The number of carbonyl (C=O) groups is 1. The Hall–Kier alpha value is -2.08. The molecule has 1 aromatic carbocycles. The fourth-order valence-electron chi connectivity index (χ4n) is 4.19. The highest BCUT2D eigenvalue weighted by Crippen LogP contribution is 2.17. The van der Waals surface area contributed by atoms with Crippen molar-refractivity contribution in [3.05, 3.63) is 35.4 Å². The summed E-state index contributed by atoms with van der Waals surface area (Å²) in [5.74, 6) is 1.76. The molecule has 0 spiro atoms. The second-order valence-electron chi connectivity index (χ2n) is 8.26. The molecule has 2 fully saturated rings. The highest BCUT2D eigenvalue weighted by Gasteiger charge is 2.26. The first-order valence-corrected chi connectivity index (χ1v) is 10.5. The number of aliphatic imine (C=N–C) groups is 1. The molecule has 6 heteroatoms. The summed E-state index contributed by atoms with van der Waals surface area (Å²) in [5, 5.41) is 3.46. The maximum Gasteiger partial charge on any atom is 0.254 e. The lowest BCUT2D eigenvalue weighted by Crippen LogP contribution is -2.48. The van der Waals surface area contributed by atoms with Crippen LogP contribution >= 0.6 is 0 Å². The van der Waals surface area contributed by atoms with Crippen LogP contribution in [0, 0.1) is 5.92 Å². The molecule has 2 aliphatic rings. The van der Waals surface area contributed by atoms with E-state index in [9.17, 15) is 4.79 Å². The number of rotatable bonds is 3. The van der Waals surface area contributed by atoms with Crippen LogP contribution in [0.3, 0.4) is 0 Å². The first kappa shape index (κ1) is 20.6. The number of piperidine rings is 1. The molecule has 2 saturated heterocycles. The van der Waals surface area contributed by atoms with Gasteiger partial charge in [-0.05, 0) is 50.3 Å². The molecule has 0 radical (unpaired) electrons. The van der Waals surface area contributed by atoms with E-state index in [-0.39, 0.29) is 18.1 Å². The Balaban J connectivity index is 1.56. The standard InChI is InChI=1S/C22H34N4O2/c1-16-6-5-11-25(13-16)22(23-4)24-12-19-7-9-20(10-8-19)21(27)26-14-17(2)28-18(3)15-26/h7-10,16-18H,5-6,11-15H2,1-4H3,(H,23,24). The lowest BCUT2D eigenvalue weighted by Gasteiger charge is -2.35. The van der Waals surface area contributed by atoms with Gasteiger partial charge in [0.05, 0.1) is 12.2 Å². The Bertz CT molecular complexity index is 678. The summed E-state index contributed by atoms with van der Waals surface area (Å²) in [4.78, 5) is 21.5. The van der Waals surface area contributed by atoms with E-state index < -0.39 is 0 Å². The predicted octanol–water partition coefficient (Wildman–Crippen LogP) is 2.74. The normalized spacial score (nSPS) is 26.3. The topological polar surface area (TPSA) is 57.2 Å². The van der Waals surface area contributed by atoms with Crippen molar-refractivity contribution in [3.63, 3.8) is 0 Å². The number of ether oxygens (including phenoxy) is 1. The van der Waals surface area contributed by atoms with Gasteiger partial charge in [-0.15, -0.1) is 0 Å². The van der Waals surface area contributed by atoms with Crippen molar-refractivity contribution in [2.45, 2.75) is 52.4 Å². The minimum atomic E-state index is 0.0830. The van der Waals surface area contributed by atoms with Gasteiger partial charge in [-0.2, -0.15) is 0 Å². The second-order valence-corrected chi connectivity index (χ2v) is 8.26. The maximum atomic E-state index is 12.8. The van der Waals surface area contributed by atoms with E-state index in [4.69, 9.17) is 4.74 Å². The van der Waals surface area contributed by atoms with Gasteiger partial charge in [-0.25, -0.2) is 0 Å². The van der Waals surface area contributed by atoms with Gasteiger partial charge in [0.1, 0.15) is 0 Å². The average Bonchev–Trinajstić information content (AvgIpc) is 2.68. The van der Waals surface area contributed by atoms with Gasteiger partial charge in [0.2, 0.25) is 0 Å². The Kier molecular flexibility index (Phi) is 6.94. The number of hydrogen-bond acceptors (Lipinski definition) is 3. The van der Waals surface area contributed by atoms with Gasteiger partial charge in [-0.3, -0.25) is 9.79 Å². The molecular formula is C22H34N4O2. The van der Waals surface area contributed by atoms with Gasteiger partial charge in [0.15, 0.2) is 5.96 Å². The first-order chi connectivity index (χ1) is 13.5. The fraction of sp³-hybridized carbons (Fsp3) is 0.636.